The molecular weight excluding hydrogens is 252 g/mol. The summed E-state index contributed by atoms with van der Waals surface area (Å²) in [6, 6.07) is 0. The Morgan fingerprint density at radius 3 is 2.28 bits per heavy atom. The van der Waals surface area contributed by atoms with Crippen molar-refractivity contribution in [2.45, 2.75) is 33.8 Å². The molecule has 1 unspecified atom stereocenters. The summed E-state index contributed by atoms with van der Waals surface area (Å²) in [7, 11) is 0.102. The van der Waals surface area contributed by atoms with Gasteiger partial charge in [0.2, 0.25) is 5.75 Å². The van der Waals surface area contributed by atoms with Crippen molar-refractivity contribution in [1.82, 2.24) is 0 Å². The van der Waals surface area contributed by atoms with E-state index in [0.29, 0.717) is 11.3 Å². The van der Waals surface area contributed by atoms with Gasteiger partial charge in [0.1, 0.15) is 24.2 Å². The third-order valence-electron chi connectivity index (χ3n) is 2.27. The first-order chi connectivity index (χ1) is 8.40. The molecule has 0 aromatic heterocycles. The smallest absolute Gasteiger partial charge is 0.356 e. The van der Waals surface area contributed by atoms with Gasteiger partial charge >= 0.3 is 11.9 Å². The lowest BCUT2D eigenvalue weighted by Crippen LogP contribution is -2.27. The fourth-order valence-corrected chi connectivity index (χ4v) is 2.38. The molecule has 104 valence electrons. The number of rotatable bonds is 8. The highest BCUT2D eigenvalue weighted by Gasteiger charge is 2.20. The molecule has 0 heterocycles. The molecule has 18 heavy (non-hydrogen) atoms. The normalized spacial score (nSPS) is 12.1. The van der Waals surface area contributed by atoms with Crippen molar-refractivity contribution in [3.8, 4) is 0 Å². The molecule has 0 N–H and O–H groups in total. The van der Waals surface area contributed by atoms with Crippen LogP contribution in [-0.4, -0.2) is 41.9 Å². The lowest BCUT2D eigenvalue weighted by Gasteiger charge is -2.13. The molecule has 0 saturated heterocycles. The molecule has 0 aromatic carbocycles. The summed E-state index contributed by atoms with van der Waals surface area (Å²) in [4.78, 5) is 22.7. The van der Waals surface area contributed by atoms with Gasteiger partial charge in [0.15, 0.2) is 0 Å². The minimum absolute atomic E-state index is 0.0997. The Morgan fingerprint density at radius 1 is 1.28 bits per heavy atom. The van der Waals surface area contributed by atoms with Crippen LogP contribution in [0.25, 0.3) is 0 Å². The Labute approximate surface area is 112 Å². The Morgan fingerprint density at radius 2 is 1.83 bits per heavy atom. The Hall–Kier alpha value is -0.970. The summed E-state index contributed by atoms with van der Waals surface area (Å²) in [5.74, 6) is 1.76. The molecule has 4 nitrogen and oxygen atoms in total. The monoisotopic (exact) mass is 275 g/mol. The van der Waals surface area contributed by atoms with Crippen molar-refractivity contribution in [2.24, 2.45) is 0 Å². The summed E-state index contributed by atoms with van der Waals surface area (Å²) < 4.78 is 10.1. The van der Waals surface area contributed by atoms with Crippen LogP contribution in [0.3, 0.4) is 0 Å². The number of carbonyl (C=O) groups is 2. The van der Waals surface area contributed by atoms with Gasteiger partial charge in [-0.05, 0) is 38.6 Å². The summed E-state index contributed by atoms with van der Waals surface area (Å²) in [5, 5.41) is 0. The first-order valence-electron chi connectivity index (χ1n) is 6.06. The zero-order valence-corrected chi connectivity index (χ0v) is 12.5. The van der Waals surface area contributed by atoms with Crippen LogP contribution in [0.5, 0.6) is 0 Å². The summed E-state index contributed by atoms with van der Waals surface area (Å²) >= 11 is 0. The van der Waals surface area contributed by atoms with Crippen molar-refractivity contribution in [3.63, 3.8) is 0 Å². The van der Waals surface area contributed by atoms with E-state index in [2.05, 4.69) is 20.4 Å². The second-order valence-corrected chi connectivity index (χ2v) is 6.68. The van der Waals surface area contributed by atoms with Gasteiger partial charge in [0, 0.05) is 5.57 Å². The van der Waals surface area contributed by atoms with Crippen LogP contribution in [0.15, 0.2) is 12.2 Å². The maximum absolute atomic E-state index is 11.5. The van der Waals surface area contributed by atoms with E-state index in [1.165, 1.54) is 0 Å². The third kappa shape index (κ3) is 7.37. The lowest BCUT2D eigenvalue weighted by atomic mass is 10.3. The van der Waals surface area contributed by atoms with E-state index in [1.807, 2.05) is 0 Å². The van der Waals surface area contributed by atoms with E-state index >= 15 is 0 Å². The van der Waals surface area contributed by atoms with Gasteiger partial charge in [-0.25, -0.2) is 9.59 Å². The van der Waals surface area contributed by atoms with E-state index in [4.69, 9.17) is 9.47 Å². The Balaban J connectivity index is 3.91. The second-order valence-electron chi connectivity index (χ2n) is 4.01. The molecule has 0 spiro atoms. The highest BCUT2D eigenvalue weighted by atomic mass is 32.2. The average Bonchev–Trinajstić information content (AvgIpc) is 2.33. The number of ether oxygens (including phenoxy) is 2. The van der Waals surface area contributed by atoms with Gasteiger partial charge in [-0.2, -0.15) is 0 Å². The van der Waals surface area contributed by atoms with E-state index in [0.717, 1.165) is 11.5 Å². The Bertz CT molecular complexity index is 297. The van der Waals surface area contributed by atoms with Crippen LogP contribution in [0, 0.1) is 0 Å². The van der Waals surface area contributed by atoms with Crippen molar-refractivity contribution >= 4 is 22.8 Å². The first kappa shape index (κ1) is 17.0. The topological polar surface area (TPSA) is 52.6 Å². The summed E-state index contributed by atoms with van der Waals surface area (Å²) in [5.41, 5.74) is 0.340. The fourth-order valence-electron chi connectivity index (χ4n) is 1.14. The maximum Gasteiger partial charge on any atom is 0.356 e. The molecule has 0 fully saturated rings. The van der Waals surface area contributed by atoms with E-state index in [-0.39, 0.29) is 23.5 Å². The SMILES string of the molecule is C=C(C)C(=O)OC(C)COC(=O)C[S+](CC)CC. The van der Waals surface area contributed by atoms with Crippen LogP contribution in [0.1, 0.15) is 27.7 Å². The molecule has 0 aliphatic rings. The maximum atomic E-state index is 11.5. The molecule has 1 atom stereocenters. The second kappa shape index (κ2) is 9.03. The molecule has 0 radical (unpaired) electrons. The number of hydrogen-bond acceptors (Lipinski definition) is 4. The highest BCUT2D eigenvalue weighted by Crippen LogP contribution is 2.01. The Kier molecular flexibility index (Phi) is 8.54. The molecule has 0 amide bonds. The lowest BCUT2D eigenvalue weighted by molar-refractivity contribution is -0.153. The summed E-state index contributed by atoms with van der Waals surface area (Å²) in [6.45, 7) is 11.0. The highest BCUT2D eigenvalue weighted by molar-refractivity contribution is 7.97. The van der Waals surface area contributed by atoms with E-state index in [9.17, 15) is 9.59 Å². The van der Waals surface area contributed by atoms with E-state index < -0.39 is 12.1 Å². The molecule has 5 heteroatoms. The van der Waals surface area contributed by atoms with Gasteiger partial charge in [-0.3, -0.25) is 0 Å². The van der Waals surface area contributed by atoms with Crippen molar-refractivity contribution in [1.29, 1.82) is 0 Å². The van der Waals surface area contributed by atoms with Crippen LogP contribution >= 0.6 is 0 Å². The first-order valence-corrected chi connectivity index (χ1v) is 7.80. The van der Waals surface area contributed by atoms with Crippen molar-refractivity contribution < 1.29 is 19.1 Å². The standard InChI is InChI=1S/C13H23O4S/c1-6-18(7-2)9-12(14)16-8-11(5)17-13(15)10(3)4/h11H,3,6-9H2,1-2,4-5H3/q+1. The predicted octanol–water partition coefficient (Wildman–Crippen LogP) is 1.70. The molecule has 0 aliphatic carbocycles. The minimum atomic E-state index is -0.458. The minimum Gasteiger partial charge on any atom is -0.458 e. The zero-order valence-electron chi connectivity index (χ0n) is 11.7. The third-order valence-corrected chi connectivity index (χ3v) is 4.55. The van der Waals surface area contributed by atoms with Gasteiger partial charge in [0.05, 0.1) is 0 Å². The average molecular weight is 275 g/mol. The zero-order chi connectivity index (χ0) is 14.1. The summed E-state index contributed by atoms with van der Waals surface area (Å²) in [6.07, 6.45) is -0.441. The largest absolute Gasteiger partial charge is 0.458 e. The van der Waals surface area contributed by atoms with Gasteiger partial charge in [-0.1, -0.05) is 6.58 Å². The van der Waals surface area contributed by atoms with Crippen LogP contribution in [0.4, 0.5) is 0 Å². The molecule has 0 bridgehead atoms. The number of esters is 2. The molecular formula is C13H23O4S+. The molecule has 0 aromatic rings. The quantitative estimate of drug-likeness (QED) is 0.384. The predicted molar refractivity (Wildman–Crippen MR) is 74.6 cm³/mol. The molecule has 0 rings (SSSR count). The fraction of sp³-hybridized carbons (Fsp3) is 0.692. The van der Waals surface area contributed by atoms with Crippen LogP contribution < -0.4 is 0 Å². The molecule has 0 saturated carbocycles. The van der Waals surface area contributed by atoms with Gasteiger partial charge < -0.3 is 9.47 Å². The number of carbonyl (C=O) groups excluding carboxylic acids is 2. The van der Waals surface area contributed by atoms with Crippen LogP contribution in [-0.2, 0) is 30.0 Å². The van der Waals surface area contributed by atoms with Crippen molar-refractivity contribution in [3.05, 3.63) is 12.2 Å². The number of hydrogen-bond donors (Lipinski definition) is 0. The van der Waals surface area contributed by atoms with Gasteiger partial charge in [-0.15, -0.1) is 0 Å². The van der Waals surface area contributed by atoms with Gasteiger partial charge in [0.25, 0.3) is 0 Å². The van der Waals surface area contributed by atoms with Crippen LogP contribution in [0.2, 0.25) is 0 Å². The molecule has 0 aliphatic heterocycles. The van der Waals surface area contributed by atoms with Crippen molar-refractivity contribution in [2.75, 3.05) is 23.9 Å². The van der Waals surface area contributed by atoms with E-state index in [1.54, 1.807) is 13.8 Å².